The van der Waals surface area contributed by atoms with Gasteiger partial charge in [0.05, 0.1) is 16.9 Å². The first-order chi connectivity index (χ1) is 9.44. The molecule has 0 aliphatic carbocycles. The monoisotopic (exact) mass is 295 g/mol. The molecule has 2 rings (SSSR count). The van der Waals surface area contributed by atoms with E-state index in [9.17, 15) is 9.90 Å². The lowest BCUT2D eigenvalue weighted by molar-refractivity contribution is 0.0724. The van der Waals surface area contributed by atoms with Crippen molar-refractivity contribution in [1.82, 2.24) is 24.9 Å². The molecule has 7 nitrogen and oxygen atoms in total. The van der Waals surface area contributed by atoms with Gasteiger partial charge in [-0.25, -0.2) is 9.50 Å². The maximum Gasteiger partial charge on any atom is 0.254 e. The van der Waals surface area contributed by atoms with E-state index < -0.39 is 5.60 Å². The predicted molar refractivity (Wildman–Crippen MR) is 76.9 cm³/mol. The van der Waals surface area contributed by atoms with Crippen LogP contribution >= 0.6 is 11.8 Å². The van der Waals surface area contributed by atoms with Crippen LogP contribution in [-0.4, -0.2) is 54.8 Å². The first-order valence-corrected chi connectivity index (χ1v) is 7.49. The number of nitrogens with one attached hydrogen (secondary N) is 1. The van der Waals surface area contributed by atoms with Gasteiger partial charge in [0.1, 0.15) is 6.33 Å². The molecule has 2 heterocycles. The highest BCUT2D eigenvalue weighted by molar-refractivity contribution is 7.98. The third kappa shape index (κ3) is 3.07. The molecule has 0 spiro atoms. The largest absolute Gasteiger partial charge is 0.387 e. The molecule has 2 N–H and O–H groups in total. The predicted octanol–water partition coefficient (Wildman–Crippen LogP) is 0.277. The standard InChI is InChI=1S/C12H17N5O2S/c1-8-9(4-13-11-15-7-16-17(8)11)10(18)14-5-12(2,19)6-20-3/h4,7,19H,5-6H2,1-3H3,(H,14,18). The number of amides is 1. The van der Waals surface area contributed by atoms with Gasteiger partial charge in [-0.1, -0.05) is 0 Å². The molecule has 0 radical (unpaired) electrons. The number of thioether (sulfide) groups is 1. The zero-order valence-corrected chi connectivity index (χ0v) is 12.4. The highest BCUT2D eigenvalue weighted by Gasteiger charge is 2.22. The van der Waals surface area contributed by atoms with E-state index in [1.807, 2.05) is 6.26 Å². The van der Waals surface area contributed by atoms with Crippen LogP contribution in [0.4, 0.5) is 0 Å². The lowest BCUT2D eigenvalue weighted by Crippen LogP contribution is -2.42. The molecule has 0 aliphatic heterocycles. The van der Waals surface area contributed by atoms with Gasteiger partial charge < -0.3 is 10.4 Å². The summed E-state index contributed by atoms with van der Waals surface area (Å²) in [5.41, 5.74) is 0.144. The second-order valence-corrected chi connectivity index (χ2v) is 5.71. The van der Waals surface area contributed by atoms with Crippen LogP contribution < -0.4 is 5.32 Å². The van der Waals surface area contributed by atoms with Crippen LogP contribution in [0, 0.1) is 6.92 Å². The zero-order valence-electron chi connectivity index (χ0n) is 11.6. The maximum absolute atomic E-state index is 12.2. The number of carbonyl (C=O) groups is 1. The van der Waals surface area contributed by atoms with Crippen LogP contribution in [0.25, 0.3) is 5.78 Å². The molecule has 8 heteroatoms. The van der Waals surface area contributed by atoms with E-state index in [4.69, 9.17) is 0 Å². The van der Waals surface area contributed by atoms with Gasteiger partial charge in [-0.15, -0.1) is 0 Å². The highest BCUT2D eigenvalue weighted by Crippen LogP contribution is 2.11. The summed E-state index contributed by atoms with van der Waals surface area (Å²) in [5, 5.41) is 16.8. The number of aliphatic hydroxyl groups is 1. The van der Waals surface area contributed by atoms with Gasteiger partial charge in [-0.05, 0) is 20.1 Å². The molecule has 0 aromatic carbocycles. The molecule has 0 saturated carbocycles. The molecule has 108 valence electrons. The van der Waals surface area contributed by atoms with E-state index in [2.05, 4.69) is 20.4 Å². The lowest BCUT2D eigenvalue weighted by atomic mass is 10.1. The summed E-state index contributed by atoms with van der Waals surface area (Å²) in [6, 6.07) is 0. The summed E-state index contributed by atoms with van der Waals surface area (Å²) < 4.78 is 1.51. The Hall–Kier alpha value is -1.67. The van der Waals surface area contributed by atoms with Gasteiger partial charge in [-0.3, -0.25) is 4.79 Å². The molecule has 1 atom stereocenters. The first kappa shape index (κ1) is 14.7. The van der Waals surface area contributed by atoms with E-state index in [-0.39, 0.29) is 12.5 Å². The SMILES string of the molecule is CSCC(C)(O)CNC(=O)c1cnc2ncnn2c1C. The van der Waals surface area contributed by atoms with E-state index in [1.54, 1.807) is 13.8 Å². The number of hydrogen-bond donors (Lipinski definition) is 2. The van der Waals surface area contributed by atoms with Crippen molar-refractivity contribution in [3.05, 3.63) is 23.8 Å². The highest BCUT2D eigenvalue weighted by atomic mass is 32.2. The molecule has 0 bridgehead atoms. The van der Waals surface area contributed by atoms with Crippen LogP contribution in [0.15, 0.2) is 12.5 Å². The minimum absolute atomic E-state index is 0.182. The fraction of sp³-hybridized carbons (Fsp3) is 0.500. The van der Waals surface area contributed by atoms with Gasteiger partial charge in [0, 0.05) is 18.5 Å². The van der Waals surface area contributed by atoms with Gasteiger partial charge in [-0.2, -0.15) is 21.8 Å². The van der Waals surface area contributed by atoms with Crippen LogP contribution in [0.3, 0.4) is 0 Å². The quantitative estimate of drug-likeness (QED) is 0.823. The van der Waals surface area contributed by atoms with E-state index in [0.717, 1.165) is 0 Å². The fourth-order valence-corrected chi connectivity index (χ4v) is 2.56. The van der Waals surface area contributed by atoms with Crippen molar-refractivity contribution in [2.45, 2.75) is 19.4 Å². The Morgan fingerprint density at radius 3 is 3.00 bits per heavy atom. The van der Waals surface area contributed by atoms with Crippen molar-refractivity contribution in [3.63, 3.8) is 0 Å². The Morgan fingerprint density at radius 1 is 1.55 bits per heavy atom. The van der Waals surface area contributed by atoms with Gasteiger partial charge >= 0.3 is 0 Å². The van der Waals surface area contributed by atoms with Crippen molar-refractivity contribution >= 4 is 23.4 Å². The molecule has 0 aliphatic rings. The Kier molecular flexibility index (Phi) is 4.24. The van der Waals surface area contributed by atoms with Crippen LogP contribution in [0.2, 0.25) is 0 Å². The lowest BCUT2D eigenvalue weighted by Gasteiger charge is -2.22. The average molecular weight is 295 g/mol. The van der Waals surface area contributed by atoms with E-state index in [1.165, 1.54) is 28.8 Å². The van der Waals surface area contributed by atoms with Gasteiger partial charge in [0.25, 0.3) is 11.7 Å². The summed E-state index contributed by atoms with van der Waals surface area (Å²) in [7, 11) is 0. The Labute approximate surface area is 120 Å². The first-order valence-electron chi connectivity index (χ1n) is 6.09. The second kappa shape index (κ2) is 5.76. The molecule has 20 heavy (non-hydrogen) atoms. The van der Waals surface area contributed by atoms with Crippen LogP contribution in [0.1, 0.15) is 23.0 Å². The van der Waals surface area contributed by atoms with Crippen LogP contribution in [-0.2, 0) is 0 Å². The normalized spacial score (nSPS) is 14.2. The number of aryl methyl sites for hydroxylation is 1. The molecule has 1 amide bonds. The number of hydrogen-bond acceptors (Lipinski definition) is 6. The van der Waals surface area contributed by atoms with Gasteiger partial charge in [0.2, 0.25) is 0 Å². The second-order valence-electron chi connectivity index (χ2n) is 4.84. The third-order valence-corrected chi connectivity index (χ3v) is 3.79. The molecule has 2 aromatic rings. The van der Waals surface area contributed by atoms with Crippen molar-refractivity contribution < 1.29 is 9.90 Å². The zero-order chi connectivity index (χ0) is 14.8. The molecule has 2 aromatic heterocycles. The van der Waals surface area contributed by atoms with E-state index >= 15 is 0 Å². The molecular formula is C12H17N5O2S. The minimum Gasteiger partial charge on any atom is -0.387 e. The summed E-state index contributed by atoms with van der Waals surface area (Å²) in [6.45, 7) is 3.65. The molecular weight excluding hydrogens is 278 g/mol. The fourth-order valence-electron chi connectivity index (χ4n) is 1.84. The van der Waals surface area contributed by atoms with Crippen molar-refractivity contribution in [1.29, 1.82) is 0 Å². The summed E-state index contributed by atoms with van der Waals surface area (Å²) in [4.78, 5) is 20.2. The minimum atomic E-state index is -0.937. The van der Waals surface area contributed by atoms with E-state index in [0.29, 0.717) is 22.8 Å². The molecule has 0 saturated heterocycles. The summed E-state index contributed by atoms with van der Waals surface area (Å²) in [6.07, 6.45) is 4.77. The van der Waals surface area contributed by atoms with Gasteiger partial charge in [0.15, 0.2) is 0 Å². The number of carbonyl (C=O) groups excluding carboxylic acids is 1. The summed E-state index contributed by atoms with van der Waals surface area (Å²) in [5.74, 6) is 0.717. The van der Waals surface area contributed by atoms with Crippen molar-refractivity contribution in [2.75, 3.05) is 18.6 Å². The number of fused-ring (bicyclic) bond motifs is 1. The Bertz CT molecular complexity index is 625. The van der Waals surface area contributed by atoms with Crippen LogP contribution in [0.5, 0.6) is 0 Å². The Morgan fingerprint density at radius 2 is 2.30 bits per heavy atom. The smallest absolute Gasteiger partial charge is 0.254 e. The number of aromatic nitrogens is 4. The maximum atomic E-state index is 12.2. The van der Waals surface area contributed by atoms with Crippen molar-refractivity contribution in [3.8, 4) is 0 Å². The Balaban J connectivity index is 2.13. The summed E-state index contributed by atoms with van der Waals surface area (Å²) >= 11 is 1.53. The van der Waals surface area contributed by atoms with Crippen molar-refractivity contribution in [2.24, 2.45) is 0 Å². The number of rotatable bonds is 5. The molecule has 0 fully saturated rings. The third-order valence-electron chi connectivity index (χ3n) is 2.88. The average Bonchev–Trinajstić information content (AvgIpc) is 2.86. The molecule has 1 unspecified atom stereocenters. The number of nitrogens with zero attached hydrogens (tertiary/aromatic N) is 4. The topological polar surface area (TPSA) is 92.4 Å².